The van der Waals surface area contributed by atoms with Gasteiger partial charge in [0.2, 0.25) is 6.10 Å². The summed E-state index contributed by atoms with van der Waals surface area (Å²) in [6, 6.07) is 19.8. The molecule has 4 rings (SSSR count). The fraction of sp³-hybridized carbons (Fsp3) is 0.435. The van der Waals surface area contributed by atoms with Crippen LogP contribution in [0, 0.1) is 11.8 Å². The fourth-order valence-electron chi connectivity index (χ4n) is 4.80. The van der Waals surface area contributed by atoms with E-state index < -0.39 is 6.10 Å². The van der Waals surface area contributed by atoms with E-state index in [0.717, 1.165) is 31.2 Å². The molecule has 0 aromatic heterocycles. The molecule has 2 bridgehead atoms. The van der Waals surface area contributed by atoms with Crippen LogP contribution in [0.3, 0.4) is 0 Å². The number of carbonyl (C=O) groups excluding carboxylic acids is 1. The number of hydrogen-bond acceptors (Lipinski definition) is 3. The lowest BCUT2D eigenvalue weighted by Gasteiger charge is -2.45. The summed E-state index contributed by atoms with van der Waals surface area (Å²) in [6.45, 7) is 0. The molecular formula is C23H28N2O2. The Balaban J connectivity index is 1.54. The minimum absolute atomic E-state index is 0.0533. The highest BCUT2D eigenvalue weighted by Gasteiger charge is 2.41. The lowest BCUT2D eigenvalue weighted by atomic mass is 9.67. The van der Waals surface area contributed by atoms with Gasteiger partial charge >= 0.3 is 0 Å². The SMILES string of the molecule is NC1CC2CCCC(C1)C2NC(=O)C(Oc1ccccc1)c1ccccc1. The van der Waals surface area contributed by atoms with E-state index in [-0.39, 0.29) is 18.0 Å². The summed E-state index contributed by atoms with van der Waals surface area (Å²) < 4.78 is 6.11. The van der Waals surface area contributed by atoms with Crippen molar-refractivity contribution in [2.45, 2.75) is 50.3 Å². The van der Waals surface area contributed by atoms with Crippen LogP contribution in [0.25, 0.3) is 0 Å². The van der Waals surface area contributed by atoms with Crippen LogP contribution < -0.4 is 15.8 Å². The average molecular weight is 364 g/mol. The second kappa shape index (κ2) is 8.13. The monoisotopic (exact) mass is 364 g/mol. The molecule has 2 aliphatic carbocycles. The van der Waals surface area contributed by atoms with E-state index in [2.05, 4.69) is 5.32 Å². The van der Waals surface area contributed by atoms with Gasteiger partial charge in [-0.15, -0.1) is 0 Å². The van der Waals surface area contributed by atoms with Gasteiger partial charge in [-0.3, -0.25) is 4.79 Å². The van der Waals surface area contributed by atoms with E-state index in [1.165, 1.54) is 6.42 Å². The number of hydrogen-bond donors (Lipinski definition) is 2. The van der Waals surface area contributed by atoms with Crippen molar-refractivity contribution in [1.29, 1.82) is 0 Å². The summed E-state index contributed by atoms with van der Waals surface area (Å²) in [5.41, 5.74) is 7.11. The van der Waals surface area contributed by atoms with Gasteiger partial charge in [-0.1, -0.05) is 55.0 Å². The van der Waals surface area contributed by atoms with Crippen LogP contribution in [-0.2, 0) is 4.79 Å². The first-order chi connectivity index (χ1) is 13.2. The van der Waals surface area contributed by atoms with E-state index in [1.54, 1.807) is 0 Å². The van der Waals surface area contributed by atoms with Crippen LogP contribution >= 0.6 is 0 Å². The molecule has 2 saturated carbocycles. The van der Waals surface area contributed by atoms with Crippen molar-refractivity contribution in [3.05, 3.63) is 66.2 Å². The molecule has 3 N–H and O–H groups in total. The van der Waals surface area contributed by atoms with Crippen molar-refractivity contribution in [3.63, 3.8) is 0 Å². The van der Waals surface area contributed by atoms with E-state index >= 15 is 0 Å². The second-order valence-corrected chi connectivity index (χ2v) is 7.94. The lowest BCUT2D eigenvalue weighted by molar-refractivity contribution is -0.130. The number of nitrogens with one attached hydrogen (secondary N) is 1. The quantitative estimate of drug-likeness (QED) is 0.847. The summed E-state index contributed by atoms with van der Waals surface area (Å²) in [4.78, 5) is 13.3. The van der Waals surface area contributed by atoms with Gasteiger partial charge in [0.25, 0.3) is 5.91 Å². The van der Waals surface area contributed by atoms with Crippen LogP contribution in [0.2, 0.25) is 0 Å². The van der Waals surface area contributed by atoms with Crippen LogP contribution in [-0.4, -0.2) is 18.0 Å². The lowest BCUT2D eigenvalue weighted by Crippen LogP contribution is -2.54. The molecule has 1 amide bonds. The Kier molecular flexibility index (Phi) is 5.44. The molecule has 4 heteroatoms. The molecule has 142 valence electrons. The number of rotatable bonds is 5. The number of ether oxygens (including phenoxy) is 1. The molecule has 0 saturated heterocycles. The van der Waals surface area contributed by atoms with Crippen molar-refractivity contribution in [2.75, 3.05) is 0 Å². The molecule has 2 fully saturated rings. The molecule has 27 heavy (non-hydrogen) atoms. The molecule has 4 nitrogen and oxygen atoms in total. The number of fused-ring (bicyclic) bond motifs is 2. The third kappa shape index (κ3) is 4.16. The maximum atomic E-state index is 13.3. The Morgan fingerprint density at radius 1 is 0.963 bits per heavy atom. The van der Waals surface area contributed by atoms with Crippen molar-refractivity contribution in [1.82, 2.24) is 5.32 Å². The third-order valence-electron chi connectivity index (χ3n) is 6.02. The topological polar surface area (TPSA) is 64.3 Å². The molecular weight excluding hydrogens is 336 g/mol. The van der Waals surface area contributed by atoms with Gasteiger partial charge in [-0.05, 0) is 49.7 Å². The third-order valence-corrected chi connectivity index (χ3v) is 6.02. The molecule has 2 aromatic carbocycles. The number of nitrogens with two attached hydrogens (primary N) is 1. The predicted octanol–water partition coefficient (Wildman–Crippen LogP) is 3.83. The van der Waals surface area contributed by atoms with Crippen LogP contribution in [0.1, 0.15) is 43.8 Å². The molecule has 2 aromatic rings. The molecule has 0 spiro atoms. The molecule has 0 aliphatic heterocycles. The second-order valence-electron chi connectivity index (χ2n) is 7.94. The Labute approximate surface area is 161 Å². The van der Waals surface area contributed by atoms with Crippen molar-refractivity contribution >= 4 is 5.91 Å². The van der Waals surface area contributed by atoms with Gasteiger partial charge in [0.1, 0.15) is 5.75 Å². The van der Waals surface area contributed by atoms with Crippen molar-refractivity contribution < 1.29 is 9.53 Å². The maximum absolute atomic E-state index is 13.3. The zero-order valence-electron chi connectivity index (χ0n) is 15.6. The first-order valence-corrected chi connectivity index (χ1v) is 10.0. The molecule has 3 atom stereocenters. The van der Waals surface area contributed by atoms with Gasteiger partial charge in [-0.2, -0.15) is 0 Å². The van der Waals surface area contributed by atoms with E-state index in [0.29, 0.717) is 17.6 Å². The van der Waals surface area contributed by atoms with E-state index in [9.17, 15) is 4.79 Å². The predicted molar refractivity (Wildman–Crippen MR) is 106 cm³/mol. The number of carbonyl (C=O) groups is 1. The van der Waals surface area contributed by atoms with Crippen LogP contribution in [0.15, 0.2) is 60.7 Å². The Morgan fingerprint density at radius 3 is 2.19 bits per heavy atom. The highest BCUT2D eigenvalue weighted by molar-refractivity contribution is 5.83. The van der Waals surface area contributed by atoms with Gasteiger partial charge < -0.3 is 15.8 Å². The molecule has 3 unspecified atom stereocenters. The maximum Gasteiger partial charge on any atom is 0.266 e. The van der Waals surface area contributed by atoms with Crippen LogP contribution in [0.5, 0.6) is 5.75 Å². The van der Waals surface area contributed by atoms with Gasteiger partial charge in [-0.25, -0.2) is 0 Å². The van der Waals surface area contributed by atoms with E-state index in [1.807, 2.05) is 60.7 Å². The highest BCUT2D eigenvalue weighted by atomic mass is 16.5. The summed E-state index contributed by atoms with van der Waals surface area (Å²) in [5.74, 6) is 1.63. The fourth-order valence-corrected chi connectivity index (χ4v) is 4.80. The summed E-state index contributed by atoms with van der Waals surface area (Å²) in [5, 5.41) is 3.34. The smallest absolute Gasteiger partial charge is 0.266 e. The highest BCUT2D eigenvalue weighted by Crippen LogP contribution is 2.40. The zero-order chi connectivity index (χ0) is 18.6. The summed E-state index contributed by atoms with van der Waals surface area (Å²) in [6.07, 6.45) is 4.94. The minimum Gasteiger partial charge on any atom is -0.476 e. The van der Waals surface area contributed by atoms with E-state index in [4.69, 9.17) is 10.5 Å². The number of amides is 1. The first-order valence-electron chi connectivity index (χ1n) is 10.0. The number of para-hydroxylation sites is 1. The molecule has 2 aliphatic rings. The van der Waals surface area contributed by atoms with Crippen molar-refractivity contribution in [2.24, 2.45) is 17.6 Å². The van der Waals surface area contributed by atoms with Gasteiger partial charge in [0.15, 0.2) is 0 Å². The zero-order valence-corrected chi connectivity index (χ0v) is 15.6. The number of benzene rings is 2. The molecule has 0 heterocycles. The standard InChI is InChI=1S/C23H28N2O2/c24-19-14-17-10-7-11-18(15-19)21(17)25-23(26)22(16-8-3-1-4-9-16)27-20-12-5-2-6-13-20/h1-6,8-9,12-13,17-19,21-22H,7,10-11,14-15,24H2,(H,25,26). The Bertz CT molecular complexity index is 735. The van der Waals surface area contributed by atoms with Crippen molar-refractivity contribution in [3.8, 4) is 5.75 Å². The first kappa shape index (κ1) is 18.1. The Hall–Kier alpha value is -2.33. The summed E-state index contributed by atoms with van der Waals surface area (Å²) >= 11 is 0. The summed E-state index contributed by atoms with van der Waals surface area (Å²) in [7, 11) is 0. The Morgan fingerprint density at radius 2 is 1.56 bits per heavy atom. The van der Waals surface area contributed by atoms with Crippen LogP contribution in [0.4, 0.5) is 0 Å². The average Bonchev–Trinajstić information content (AvgIpc) is 2.68. The largest absolute Gasteiger partial charge is 0.476 e. The van der Waals surface area contributed by atoms with Gasteiger partial charge in [0, 0.05) is 17.6 Å². The van der Waals surface area contributed by atoms with Gasteiger partial charge in [0.05, 0.1) is 0 Å². The molecule has 0 radical (unpaired) electrons. The normalized spacial score (nSPS) is 28.2. The minimum atomic E-state index is -0.648.